The molecule has 2 aromatic heterocycles. The fourth-order valence-electron chi connectivity index (χ4n) is 3.35. The van der Waals surface area contributed by atoms with Crippen molar-refractivity contribution in [3.63, 3.8) is 0 Å². The average molecular weight is 407 g/mol. The Bertz CT molecular complexity index is 1230. The molecular weight excluding hydrogens is 386 g/mol. The number of nitrogens with zero attached hydrogens (tertiary/aromatic N) is 4. The summed E-state index contributed by atoms with van der Waals surface area (Å²) < 4.78 is 3.50. The maximum atomic E-state index is 13.0. The third kappa shape index (κ3) is 3.51. The minimum Gasteiger partial charge on any atom is -0.368 e. The summed E-state index contributed by atoms with van der Waals surface area (Å²) in [6.45, 7) is 2.64. The predicted molar refractivity (Wildman–Crippen MR) is 114 cm³/mol. The summed E-state index contributed by atoms with van der Waals surface area (Å²) in [5, 5.41) is 9.10. The zero-order valence-corrected chi connectivity index (χ0v) is 16.8. The van der Waals surface area contributed by atoms with Crippen LogP contribution in [0, 0.1) is 0 Å². The first kappa shape index (κ1) is 19.2. The largest absolute Gasteiger partial charge is 0.368 e. The summed E-state index contributed by atoms with van der Waals surface area (Å²) in [5.41, 5.74) is 7.11. The number of carbonyl (C=O) groups excluding carboxylic acids is 1. The fourth-order valence-corrected chi connectivity index (χ4v) is 4.34. The lowest BCUT2D eigenvalue weighted by Crippen LogP contribution is -2.23. The normalized spacial score (nSPS) is 12.4. The third-order valence-corrected chi connectivity index (χ3v) is 6.01. The van der Waals surface area contributed by atoms with E-state index in [1.165, 1.54) is 11.8 Å². The van der Waals surface area contributed by atoms with Gasteiger partial charge in [0.15, 0.2) is 5.16 Å². The van der Waals surface area contributed by atoms with Crippen LogP contribution in [0.4, 0.5) is 0 Å². The van der Waals surface area contributed by atoms with E-state index < -0.39 is 11.2 Å². The number of aryl methyl sites for hydroxylation is 1. The van der Waals surface area contributed by atoms with Gasteiger partial charge < -0.3 is 5.73 Å². The van der Waals surface area contributed by atoms with Gasteiger partial charge in [0.25, 0.3) is 5.56 Å². The summed E-state index contributed by atoms with van der Waals surface area (Å²) in [4.78, 5) is 25.2. The van der Waals surface area contributed by atoms with Gasteiger partial charge in [-0.1, -0.05) is 67.6 Å². The number of para-hydroxylation sites is 1. The number of amides is 1. The fraction of sp³-hybridized carbons (Fsp3) is 0.238. The zero-order valence-electron chi connectivity index (χ0n) is 16.0. The van der Waals surface area contributed by atoms with E-state index in [0.29, 0.717) is 28.4 Å². The number of hydrogen-bond acceptors (Lipinski definition) is 5. The number of hydrogen-bond donors (Lipinski definition) is 1. The second-order valence-electron chi connectivity index (χ2n) is 6.76. The van der Waals surface area contributed by atoms with Gasteiger partial charge in [0.1, 0.15) is 5.25 Å². The summed E-state index contributed by atoms with van der Waals surface area (Å²) in [6.07, 6.45) is 1.82. The Morgan fingerprint density at radius 2 is 1.83 bits per heavy atom. The van der Waals surface area contributed by atoms with Gasteiger partial charge in [0.2, 0.25) is 11.7 Å². The van der Waals surface area contributed by atoms with Crippen LogP contribution in [0.2, 0.25) is 0 Å². The minimum absolute atomic E-state index is 0.0833. The lowest BCUT2D eigenvalue weighted by Gasteiger charge is -2.14. The maximum absolute atomic E-state index is 13.0. The SMILES string of the molecule is CCCCn1c(=O)c2ccccc2n2c(SC(C(N)=O)c3ccccc3)nnc12. The van der Waals surface area contributed by atoms with E-state index >= 15 is 0 Å². The van der Waals surface area contributed by atoms with Gasteiger partial charge in [-0.3, -0.25) is 18.6 Å². The van der Waals surface area contributed by atoms with Crippen LogP contribution in [0.1, 0.15) is 30.6 Å². The van der Waals surface area contributed by atoms with Crippen LogP contribution >= 0.6 is 11.8 Å². The molecule has 148 valence electrons. The molecule has 4 rings (SSSR count). The molecular formula is C21H21N5O2S. The molecule has 0 fully saturated rings. The highest BCUT2D eigenvalue weighted by atomic mass is 32.2. The number of nitrogens with two attached hydrogens (primary N) is 1. The first-order valence-corrected chi connectivity index (χ1v) is 10.4. The number of thioether (sulfide) groups is 1. The van der Waals surface area contributed by atoms with Gasteiger partial charge in [0, 0.05) is 6.54 Å². The molecule has 2 heterocycles. The molecule has 0 radical (unpaired) electrons. The maximum Gasteiger partial charge on any atom is 0.262 e. The Hall–Kier alpha value is -3.13. The molecule has 0 spiro atoms. The number of fused-ring (bicyclic) bond motifs is 3. The molecule has 29 heavy (non-hydrogen) atoms. The van der Waals surface area contributed by atoms with Crippen molar-refractivity contribution in [2.45, 2.75) is 36.7 Å². The van der Waals surface area contributed by atoms with Crippen LogP contribution in [0.3, 0.4) is 0 Å². The summed E-state index contributed by atoms with van der Waals surface area (Å²) >= 11 is 1.24. The standard InChI is InChI=1S/C21H21N5O2S/c1-2-3-13-25-19(28)15-11-7-8-12-16(15)26-20(25)23-24-21(26)29-17(18(22)27)14-9-5-4-6-10-14/h4-12,17H,2-3,13H2,1H3,(H2,22,27). The molecule has 7 nitrogen and oxygen atoms in total. The molecule has 0 aliphatic carbocycles. The molecule has 0 aliphatic heterocycles. The Morgan fingerprint density at radius 3 is 2.55 bits per heavy atom. The van der Waals surface area contributed by atoms with E-state index in [0.717, 1.165) is 18.4 Å². The number of benzene rings is 2. The Kier molecular flexibility index (Phi) is 5.35. The topological polar surface area (TPSA) is 95.3 Å². The van der Waals surface area contributed by atoms with E-state index in [-0.39, 0.29) is 5.56 Å². The molecule has 2 N–H and O–H groups in total. The Balaban J connectivity index is 1.91. The van der Waals surface area contributed by atoms with Crippen molar-refractivity contribution in [3.05, 3.63) is 70.5 Å². The van der Waals surface area contributed by atoms with Crippen molar-refractivity contribution in [1.82, 2.24) is 19.2 Å². The van der Waals surface area contributed by atoms with E-state index in [1.807, 2.05) is 52.9 Å². The smallest absolute Gasteiger partial charge is 0.262 e. The molecule has 2 aromatic carbocycles. The molecule has 1 atom stereocenters. The van der Waals surface area contributed by atoms with Crippen molar-refractivity contribution in [3.8, 4) is 0 Å². The second-order valence-corrected chi connectivity index (χ2v) is 7.83. The summed E-state index contributed by atoms with van der Waals surface area (Å²) in [5.74, 6) is 0.0162. The van der Waals surface area contributed by atoms with Crippen LogP contribution in [0.25, 0.3) is 16.7 Å². The number of primary amides is 1. The zero-order chi connectivity index (χ0) is 20.4. The molecule has 1 amide bonds. The van der Waals surface area contributed by atoms with Crippen molar-refractivity contribution < 1.29 is 4.79 Å². The van der Waals surface area contributed by atoms with Crippen molar-refractivity contribution >= 4 is 34.3 Å². The third-order valence-electron chi connectivity index (χ3n) is 4.80. The Morgan fingerprint density at radius 1 is 1.10 bits per heavy atom. The number of rotatable bonds is 7. The quantitative estimate of drug-likeness (QED) is 0.475. The highest BCUT2D eigenvalue weighted by Gasteiger charge is 2.24. The molecule has 0 bridgehead atoms. The van der Waals surface area contributed by atoms with Gasteiger partial charge in [-0.2, -0.15) is 0 Å². The van der Waals surface area contributed by atoms with E-state index in [4.69, 9.17) is 5.73 Å². The second kappa shape index (κ2) is 8.08. The van der Waals surface area contributed by atoms with E-state index in [1.54, 1.807) is 10.6 Å². The molecule has 0 saturated heterocycles. The van der Waals surface area contributed by atoms with Crippen molar-refractivity contribution in [1.29, 1.82) is 0 Å². The van der Waals surface area contributed by atoms with Crippen molar-refractivity contribution in [2.24, 2.45) is 5.73 Å². The molecule has 0 aliphatic rings. The molecule has 0 saturated carbocycles. The lowest BCUT2D eigenvalue weighted by molar-refractivity contribution is -0.117. The van der Waals surface area contributed by atoms with Gasteiger partial charge in [-0.05, 0) is 24.1 Å². The number of unbranched alkanes of at least 4 members (excludes halogenated alkanes) is 1. The Labute approximate surface area is 171 Å². The van der Waals surface area contributed by atoms with Crippen LogP contribution in [0.5, 0.6) is 0 Å². The van der Waals surface area contributed by atoms with Crippen LogP contribution in [0.15, 0.2) is 64.5 Å². The van der Waals surface area contributed by atoms with E-state index in [2.05, 4.69) is 17.1 Å². The number of aromatic nitrogens is 4. The minimum atomic E-state index is -0.613. The van der Waals surface area contributed by atoms with Crippen molar-refractivity contribution in [2.75, 3.05) is 0 Å². The molecule has 4 aromatic rings. The van der Waals surface area contributed by atoms with Gasteiger partial charge >= 0.3 is 0 Å². The van der Waals surface area contributed by atoms with Crippen LogP contribution < -0.4 is 11.3 Å². The predicted octanol–water partition coefficient (Wildman–Crippen LogP) is 3.16. The molecule has 8 heteroatoms. The van der Waals surface area contributed by atoms with E-state index in [9.17, 15) is 9.59 Å². The average Bonchev–Trinajstić information content (AvgIpc) is 3.16. The molecule has 1 unspecified atom stereocenters. The summed E-state index contributed by atoms with van der Waals surface area (Å²) in [7, 11) is 0. The first-order valence-electron chi connectivity index (χ1n) is 9.49. The number of carbonyl (C=O) groups is 1. The van der Waals surface area contributed by atoms with Gasteiger partial charge in [-0.25, -0.2) is 0 Å². The highest BCUT2D eigenvalue weighted by Crippen LogP contribution is 2.35. The monoisotopic (exact) mass is 407 g/mol. The van der Waals surface area contributed by atoms with Gasteiger partial charge in [0.05, 0.1) is 10.9 Å². The highest BCUT2D eigenvalue weighted by molar-refractivity contribution is 8.00. The lowest BCUT2D eigenvalue weighted by atomic mass is 10.1. The summed E-state index contributed by atoms with van der Waals surface area (Å²) in [6, 6.07) is 16.7. The first-order chi connectivity index (χ1) is 14.1. The van der Waals surface area contributed by atoms with Crippen LogP contribution in [-0.2, 0) is 11.3 Å². The van der Waals surface area contributed by atoms with Gasteiger partial charge in [-0.15, -0.1) is 10.2 Å². The van der Waals surface area contributed by atoms with Crippen LogP contribution in [-0.4, -0.2) is 25.1 Å².